The zero-order valence-corrected chi connectivity index (χ0v) is 13.8. The molecule has 0 amide bonds. The van der Waals surface area contributed by atoms with Crippen LogP contribution in [0.2, 0.25) is 0 Å². The molecule has 3 nitrogen and oxygen atoms in total. The lowest BCUT2D eigenvalue weighted by atomic mass is 9.98. The number of rotatable bonds is 5. The van der Waals surface area contributed by atoms with E-state index >= 15 is 0 Å². The van der Waals surface area contributed by atoms with E-state index < -0.39 is 6.10 Å². The van der Waals surface area contributed by atoms with Crippen molar-refractivity contribution in [2.24, 2.45) is 0 Å². The zero-order valence-electron chi connectivity index (χ0n) is 13.8. The third-order valence-corrected chi connectivity index (χ3v) is 4.46. The van der Waals surface area contributed by atoms with Gasteiger partial charge in [0.15, 0.2) is 0 Å². The lowest BCUT2D eigenvalue weighted by molar-refractivity contribution is -0.0169. The lowest BCUT2D eigenvalue weighted by Crippen LogP contribution is -2.26. The summed E-state index contributed by atoms with van der Waals surface area (Å²) in [5, 5.41) is 12.9. The van der Waals surface area contributed by atoms with E-state index in [9.17, 15) is 5.11 Å². The van der Waals surface area contributed by atoms with E-state index in [1.807, 2.05) is 0 Å². The predicted molar refractivity (Wildman–Crippen MR) is 93.4 cm³/mol. The lowest BCUT2D eigenvalue weighted by Gasteiger charge is -2.14. The van der Waals surface area contributed by atoms with Crippen LogP contribution in [0.15, 0.2) is 48.5 Å². The molecule has 0 unspecified atom stereocenters. The molecule has 3 heteroatoms. The maximum Gasteiger partial charge on any atom is 0.0974 e. The molecule has 2 aromatic carbocycles. The van der Waals surface area contributed by atoms with Gasteiger partial charge >= 0.3 is 0 Å². The number of β-amino-alcohol motifs (C(OH)–C–C–N with tert-alkyl or cyclic N) is 1. The van der Waals surface area contributed by atoms with Gasteiger partial charge in [-0.05, 0) is 28.2 Å². The molecule has 0 bridgehead atoms. The normalized spacial score (nSPS) is 21.0. The second kappa shape index (κ2) is 7.26. The average Bonchev–Trinajstić information content (AvgIpc) is 2.99. The molecule has 122 valence electrons. The van der Waals surface area contributed by atoms with Crippen LogP contribution in [0.4, 0.5) is 0 Å². The van der Waals surface area contributed by atoms with Gasteiger partial charge in [0.05, 0.1) is 18.8 Å². The molecule has 1 fully saturated rings. The van der Waals surface area contributed by atoms with E-state index in [-0.39, 0.29) is 6.10 Å². The molecule has 0 aromatic heterocycles. The maximum absolute atomic E-state index is 9.73. The Balaban J connectivity index is 1.62. The molecular weight excluding hydrogens is 286 g/mol. The van der Waals surface area contributed by atoms with E-state index in [2.05, 4.69) is 67.7 Å². The first-order chi connectivity index (χ1) is 11.1. The molecule has 0 aliphatic carbocycles. The van der Waals surface area contributed by atoms with Gasteiger partial charge in [-0.2, -0.15) is 0 Å². The van der Waals surface area contributed by atoms with E-state index in [1.54, 1.807) is 0 Å². The molecule has 2 aromatic rings. The van der Waals surface area contributed by atoms with Crippen molar-refractivity contribution >= 4 is 0 Å². The number of nitrogens with one attached hydrogen (secondary N) is 1. The van der Waals surface area contributed by atoms with Crippen LogP contribution in [-0.2, 0) is 11.3 Å². The molecule has 3 rings (SSSR count). The van der Waals surface area contributed by atoms with Gasteiger partial charge in [-0.3, -0.25) is 0 Å². The molecule has 23 heavy (non-hydrogen) atoms. The topological polar surface area (TPSA) is 41.5 Å². The summed E-state index contributed by atoms with van der Waals surface area (Å²) in [7, 11) is 0. The van der Waals surface area contributed by atoms with Crippen molar-refractivity contribution in [2.75, 3.05) is 13.1 Å². The highest BCUT2D eigenvalue weighted by Crippen LogP contribution is 2.23. The maximum atomic E-state index is 9.73. The minimum Gasteiger partial charge on any atom is -0.389 e. The molecule has 0 radical (unpaired) electrons. The summed E-state index contributed by atoms with van der Waals surface area (Å²) in [6, 6.07) is 17.2. The minimum atomic E-state index is -0.395. The number of hydrogen-bond acceptors (Lipinski definition) is 3. The van der Waals surface area contributed by atoms with Gasteiger partial charge in [-0.25, -0.2) is 0 Å². The van der Waals surface area contributed by atoms with Crippen LogP contribution in [0.25, 0.3) is 11.1 Å². The number of ether oxygens (including phenoxy) is 1. The number of aliphatic hydroxyl groups is 1. The predicted octanol–water partition coefficient (Wildman–Crippen LogP) is 3.33. The Morgan fingerprint density at radius 3 is 2.13 bits per heavy atom. The van der Waals surface area contributed by atoms with Crippen molar-refractivity contribution in [2.45, 2.75) is 38.6 Å². The molecule has 1 heterocycles. The van der Waals surface area contributed by atoms with Crippen molar-refractivity contribution in [1.29, 1.82) is 0 Å². The van der Waals surface area contributed by atoms with Gasteiger partial charge in [-0.1, -0.05) is 62.4 Å². The fourth-order valence-corrected chi connectivity index (χ4v) is 2.87. The van der Waals surface area contributed by atoms with Gasteiger partial charge in [0, 0.05) is 13.1 Å². The molecular formula is C20H25NO2. The zero-order chi connectivity index (χ0) is 16.2. The Morgan fingerprint density at radius 1 is 1.00 bits per heavy atom. The average molecular weight is 311 g/mol. The highest BCUT2D eigenvalue weighted by molar-refractivity contribution is 5.64. The summed E-state index contributed by atoms with van der Waals surface area (Å²) in [4.78, 5) is 0. The first-order valence-corrected chi connectivity index (χ1v) is 8.33. The number of hydrogen-bond donors (Lipinski definition) is 2. The van der Waals surface area contributed by atoms with Crippen molar-refractivity contribution in [1.82, 2.24) is 5.32 Å². The second-order valence-corrected chi connectivity index (χ2v) is 6.55. The van der Waals surface area contributed by atoms with E-state index in [0.717, 1.165) is 12.1 Å². The fourth-order valence-electron chi connectivity index (χ4n) is 2.87. The van der Waals surface area contributed by atoms with Crippen LogP contribution in [0.1, 0.15) is 30.9 Å². The van der Waals surface area contributed by atoms with E-state index in [4.69, 9.17) is 4.74 Å². The fraction of sp³-hybridized carbons (Fsp3) is 0.400. The molecule has 0 spiro atoms. The van der Waals surface area contributed by atoms with Crippen LogP contribution in [0.5, 0.6) is 0 Å². The van der Waals surface area contributed by atoms with Gasteiger partial charge in [0.2, 0.25) is 0 Å². The molecule has 2 N–H and O–H groups in total. The van der Waals surface area contributed by atoms with Gasteiger partial charge in [0.25, 0.3) is 0 Å². The monoisotopic (exact) mass is 311 g/mol. The third kappa shape index (κ3) is 3.99. The second-order valence-electron chi connectivity index (χ2n) is 6.55. The van der Waals surface area contributed by atoms with Crippen molar-refractivity contribution < 1.29 is 9.84 Å². The van der Waals surface area contributed by atoms with Crippen LogP contribution in [-0.4, -0.2) is 30.4 Å². The molecule has 1 saturated heterocycles. The van der Waals surface area contributed by atoms with Crippen molar-refractivity contribution in [3.8, 4) is 11.1 Å². The van der Waals surface area contributed by atoms with Crippen molar-refractivity contribution in [3.63, 3.8) is 0 Å². The Bertz CT molecular complexity index is 619. The molecule has 0 saturated carbocycles. The SMILES string of the molecule is CC(C)c1ccc(-c2ccc(CO[C@H]3CNC[C@@H]3O)cc2)cc1. The first-order valence-electron chi connectivity index (χ1n) is 8.33. The molecule has 2 atom stereocenters. The highest BCUT2D eigenvalue weighted by atomic mass is 16.5. The van der Waals surface area contributed by atoms with Gasteiger partial charge < -0.3 is 15.2 Å². The Morgan fingerprint density at radius 2 is 1.61 bits per heavy atom. The summed E-state index contributed by atoms with van der Waals surface area (Å²) in [6.45, 7) is 6.30. The third-order valence-electron chi connectivity index (χ3n) is 4.46. The number of aliphatic hydroxyl groups excluding tert-OH is 1. The van der Waals surface area contributed by atoms with Gasteiger partial charge in [-0.15, -0.1) is 0 Å². The highest BCUT2D eigenvalue weighted by Gasteiger charge is 2.25. The van der Waals surface area contributed by atoms with Gasteiger partial charge in [0.1, 0.15) is 0 Å². The van der Waals surface area contributed by atoms with Crippen LogP contribution < -0.4 is 5.32 Å². The smallest absolute Gasteiger partial charge is 0.0974 e. The molecule has 1 aliphatic rings. The largest absolute Gasteiger partial charge is 0.389 e. The van der Waals surface area contributed by atoms with E-state index in [1.165, 1.54) is 16.7 Å². The summed E-state index contributed by atoms with van der Waals surface area (Å²) in [5.41, 5.74) is 4.94. The van der Waals surface area contributed by atoms with Crippen molar-refractivity contribution in [3.05, 3.63) is 59.7 Å². The summed E-state index contributed by atoms with van der Waals surface area (Å²) in [6.07, 6.45) is -0.494. The first kappa shape index (κ1) is 16.2. The Labute approximate surface area is 138 Å². The Hall–Kier alpha value is -1.68. The van der Waals surface area contributed by atoms with Crippen LogP contribution >= 0.6 is 0 Å². The Kier molecular flexibility index (Phi) is 5.11. The summed E-state index contributed by atoms with van der Waals surface area (Å²) < 4.78 is 5.78. The number of benzene rings is 2. The molecule has 1 aliphatic heterocycles. The minimum absolute atomic E-state index is 0.0988. The van der Waals surface area contributed by atoms with Crippen LogP contribution in [0, 0.1) is 0 Å². The van der Waals surface area contributed by atoms with E-state index in [0.29, 0.717) is 19.1 Å². The standard InChI is InChI=1S/C20H25NO2/c1-14(2)16-7-9-18(10-8-16)17-5-3-15(4-6-17)13-23-20-12-21-11-19(20)22/h3-10,14,19-22H,11-13H2,1-2H3/t19-,20-/m0/s1. The summed E-state index contributed by atoms with van der Waals surface area (Å²) in [5.74, 6) is 0.559. The summed E-state index contributed by atoms with van der Waals surface area (Å²) >= 11 is 0. The quantitative estimate of drug-likeness (QED) is 0.890. The van der Waals surface area contributed by atoms with Crippen LogP contribution in [0.3, 0.4) is 0 Å².